The van der Waals surface area contributed by atoms with E-state index in [1.807, 2.05) is 24.3 Å². The number of ether oxygens (including phenoxy) is 1. The Morgan fingerprint density at radius 1 is 1.15 bits per heavy atom. The zero-order valence-corrected chi connectivity index (χ0v) is 15.6. The zero-order chi connectivity index (χ0) is 19.0. The summed E-state index contributed by atoms with van der Waals surface area (Å²) in [5, 5.41) is 2.75. The van der Waals surface area contributed by atoms with E-state index in [0.29, 0.717) is 26.5 Å². The fraction of sp³-hybridized carbons (Fsp3) is 0.0952. The lowest BCUT2D eigenvalue weighted by molar-refractivity contribution is 0.0605. The number of carbonyl (C=O) groups excluding carboxylic acids is 1. The Kier molecular flexibility index (Phi) is 4.33. The molecule has 0 aliphatic heterocycles. The van der Waals surface area contributed by atoms with Crippen LogP contribution in [0.4, 0.5) is 0 Å². The fourth-order valence-corrected chi connectivity index (χ4v) is 4.12. The molecule has 2 aromatic heterocycles. The number of rotatable bonds is 3. The largest absolute Gasteiger partial charge is 0.465 e. The van der Waals surface area contributed by atoms with Crippen LogP contribution in [0.1, 0.15) is 26.6 Å². The van der Waals surface area contributed by atoms with Crippen molar-refractivity contribution < 1.29 is 9.53 Å². The van der Waals surface area contributed by atoms with Crippen molar-refractivity contribution in [2.45, 2.75) is 6.92 Å². The van der Waals surface area contributed by atoms with E-state index in [9.17, 15) is 9.59 Å². The second kappa shape index (κ2) is 6.81. The van der Waals surface area contributed by atoms with Gasteiger partial charge < -0.3 is 9.72 Å². The van der Waals surface area contributed by atoms with Gasteiger partial charge in [0.2, 0.25) is 0 Å². The Hall–Kier alpha value is -3.25. The number of nitrogens with zero attached hydrogens (tertiary/aromatic N) is 1. The Morgan fingerprint density at radius 2 is 1.93 bits per heavy atom. The molecule has 134 valence electrons. The van der Waals surface area contributed by atoms with Gasteiger partial charge in [-0.2, -0.15) is 0 Å². The van der Waals surface area contributed by atoms with Crippen LogP contribution in [-0.4, -0.2) is 23.0 Å². The molecular weight excluding hydrogens is 360 g/mol. The second-order valence-corrected chi connectivity index (χ2v) is 7.12. The van der Waals surface area contributed by atoms with Crippen molar-refractivity contribution >= 4 is 50.4 Å². The summed E-state index contributed by atoms with van der Waals surface area (Å²) >= 11 is 1.17. The molecule has 0 amide bonds. The number of esters is 1. The van der Waals surface area contributed by atoms with Gasteiger partial charge in [-0.1, -0.05) is 42.5 Å². The van der Waals surface area contributed by atoms with Crippen molar-refractivity contribution in [3.63, 3.8) is 0 Å². The van der Waals surface area contributed by atoms with Gasteiger partial charge >= 0.3 is 5.97 Å². The van der Waals surface area contributed by atoms with Crippen LogP contribution in [0.25, 0.3) is 33.1 Å². The molecule has 0 spiro atoms. The van der Waals surface area contributed by atoms with Crippen LogP contribution in [0.15, 0.2) is 47.3 Å². The van der Waals surface area contributed by atoms with E-state index in [1.165, 1.54) is 23.8 Å². The molecule has 0 saturated carbocycles. The average molecular weight is 376 g/mol. The fourth-order valence-electron chi connectivity index (χ4n) is 3.01. The Bertz CT molecular complexity index is 1270. The lowest BCUT2D eigenvalue weighted by Crippen LogP contribution is -2.09. The minimum Gasteiger partial charge on any atom is -0.465 e. The zero-order valence-electron chi connectivity index (χ0n) is 14.8. The van der Waals surface area contributed by atoms with Gasteiger partial charge in [-0.25, -0.2) is 9.78 Å². The highest BCUT2D eigenvalue weighted by Gasteiger charge is 2.19. The van der Waals surface area contributed by atoms with Crippen molar-refractivity contribution in [3.8, 4) is 0 Å². The Labute approximate surface area is 159 Å². The smallest absolute Gasteiger partial charge is 0.348 e. The van der Waals surface area contributed by atoms with Crippen LogP contribution in [-0.2, 0) is 4.74 Å². The molecule has 0 radical (unpaired) electrons. The number of fused-ring (bicyclic) bond motifs is 2. The lowest BCUT2D eigenvalue weighted by Gasteiger charge is -1.99. The molecule has 5 nitrogen and oxygen atoms in total. The molecular formula is C21H16N2O3S. The van der Waals surface area contributed by atoms with Crippen molar-refractivity contribution in [1.82, 2.24) is 9.97 Å². The quantitative estimate of drug-likeness (QED) is 0.538. The summed E-state index contributed by atoms with van der Waals surface area (Å²) in [5.74, 6) is -0.0125. The maximum atomic E-state index is 12.5. The molecule has 27 heavy (non-hydrogen) atoms. The standard InChI is InChI=1S/C21H16N2O3S/c1-12-17-19(24)22-16(23-20(17)27-18(12)21(25)26-2)10-8-13-7-9-14-5-3-4-6-15(14)11-13/h3-11H,1-2H3,(H,22,23,24)/b10-8+. The third-order valence-corrected chi connectivity index (χ3v) is 5.56. The molecule has 0 aliphatic rings. The summed E-state index contributed by atoms with van der Waals surface area (Å²) in [4.78, 5) is 32.5. The first-order valence-corrected chi connectivity index (χ1v) is 9.17. The number of nitrogens with one attached hydrogen (secondary N) is 1. The normalized spacial score (nSPS) is 11.5. The molecule has 0 unspecified atom stereocenters. The van der Waals surface area contributed by atoms with E-state index in [2.05, 4.69) is 34.2 Å². The van der Waals surface area contributed by atoms with E-state index in [0.717, 1.165) is 10.9 Å². The van der Waals surface area contributed by atoms with Crippen LogP contribution in [0, 0.1) is 6.92 Å². The minimum atomic E-state index is -0.455. The first kappa shape index (κ1) is 17.2. The van der Waals surface area contributed by atoms with Crippen LogP contribution < -0.4 is 5.56 Å². The highest BCUT2D eigenvalue weighted by atomic mass is 32.1. The van der Waals surface area contributed by atoms with Crippen LogP contribution in [0.3, 0.4) is 0 Å². The summed E-state index contributed by atoms with van der Waals surface area (Å²) < 4.78 is 4.77. The van der Waals surface area contributed by atoms with Crippen LogP contribution >= 0.6 is 11.3 Å². The number of aromatic nitrogens is 2. The molecule has 0 aliphatic carbocycles. The number of H-pyrrole nitrogens is 1. The van der Waals surface area contributed by atoms with Gasteiger partial charge in [-0.15, -0.1) is 11.3 Å². The van der Waals surface area contributed by atoms with Gasteiger partial charge in [0.05, 0.1) is 12.5 Å². The maximum absolute atomic E-state index is 12.5. The van der Waals surface area contributed by atoms with Crippen LogP contribution in [0.2, 0.25) is 0 Å². The molecule has 2 aromatic carbocycles. The maximum Gasteiger partial charge on any atom is 0.348 e. The Balaban J connectivity index is 1.74. The van der Waals surface area contributed by atoms with E-state index >= 15 is 0 Å². The van der Waals surface area contributed by atoms with Gasteiger partial charge in [-0.3, -0.25) is 4.79 Å². The molecule has 4 aromatic rings. The molecule has 1 N–H and O–H groups in total. The number of thiophene rings is 1. The molecule has 0 bridgehead atoms. The number of hydrogen-bond acceptors (Lipinski definition) is 5. The van der Waals surface area contributed by atoms with Gasteiger partial charge in [-0.05, 0) is 41.0 Å². The number of carbonyl (C=O) groups is 1. The number of benzene rings is 2. The highest BCUT2D eigenvalue weighted by molar-refractivity contribution is 7.20. The summed E-state index contributed by atoms with van der Waals surface area (Å²) in [5.41, 5.74) is 1.34. The van der Waals surface area contributed by atoms with E-state index in [-0.39, 0.29) is 5.56 Å². The molecule has 0 saturated heterocycles. The lowest BCUT2D eigenvalue weighted by atomic mass is 10.1. The number of hydrogen-bond donors (Lipinski definition) is 1. The highest BCUT2D eigenvalue weighted by Crippen LogP contribution is 2.27. The monoisotopic (exact) mass is 376 g/mol. The van der Waals surface area contributed by atoms with E-state index < -0.39 is 5.97 Å². The molecule has 4 rings (SSSR count). The van der Waals surface area contributed by atoms with Gasteiger partial charge in [0.15, 0.2) is 0 Å². The van der Waals surface area contributed by atoms with E-state index in [4.69, 9.17) is 4.74 Å². The van der Waals surface area contributed by atoms with Crippen molar-refractivity contribution in [2.24, 2.45) is 0 Å². The van der Waals surface area contributed by atoms with Gasteiger partial charge in [0, 0.05) is 0 Å². The van der Waals surface area contributed by atoms with Crippen molar-refractivity contribution in [1.29, 1.82) is 0 Å². The Morgan fingerprint density at radius 3 is 2.70 bits per heavy atom. The van der Waals surface area contributed by atoms with Crippen LogP contribution in [0.5, 0.6) is 0 Å². The third kappa shape index (κ3) is 3.15. The predicted octanol–water partition coefficient (Wildman–Crippen LogP) is 4.40. The summed E-state index contributed by atoms with van der Waals surface area (Å²) in [7, 11) is 1.32. The SMILES string of the molecule is COC(=O)c1sc2nc(/C=C/c3ccc4ccccc4c3)[nH]c(=O)c2c1C. The molecule has 0 fully saturated rings. The van der Waals surface area contributed by atoms with Crippen molar-refractivity contribution in [2.75, 3.05) is 7.11 Å². The summed E-state index contributed by atoms with van der Waals surface area (Å²) in [6, 6.07) is 14.3. The van der Waals surface area contributed by atoms with E-state index in [1.54, 1.807) is 13.0 Å². The predicted molar refractivity (Wildman–Crippen MR) is 109 cm³/mol. The summed E-state index contributed by atoms with van der Waals surface area (Å²) in [6.45, 7) is 1.73. The minimum absolute atomic E-state index is 0.262. The van der Waals surface area contributed by atoms with Gasteiger partial charge in [0.25, 0.3) is 5.56 Å². The van der Waals surface area contributed by atoms with Gasteiger partial charge in [0.1, 0.15) is 15.5 Å². The number of aryl methyl sites for hydroxylation is 1. The number of aromatic amines is 1. The average Bonchev–Trinajstić information content (AvgIpc) is 3.02. The summed E-state index contributed by atoms with van der Waals surface area (Å²) in [6.07, 6.45) is 3.66. The van der Waals surface area contributed by atoms with Crippen molar-refractivity contribution in [3.05, 3.63) is 74.6 Å². The topological polar surface area (TPSA) is 72.0 Å². The first-order chi connectivity index (χ1) is 13.1. The number of methoxy groups -OCH3 is 1. The second-order valence-electron chi connectivity index (χ2n) is 6.12. The third-order valence-electron chi connectivity index (χ3n) is 4.40. The molecule has 6 heteroatoms. The molecule has 2 heterocycles. The first-order valence-electron chi connectivity index (χ1n) is 8.35. The molecule has 0 atom stereocenters.